The van der Waals surface area contributed by atoms with Gasteiger partial charge in [0, 0.05) is 39.4 Å². The van der Waals surface area contributed by atoms with Crippen molar-refractivity contribution in [2.45, 2.75) is 12.8 Å². The molecule has 1 heterocycles. The Hall–Kier alpha value is -1.51. The third-order valence-corrected chi connectivity index (χ3v) is 3.40. The van der Waals surface area contributed by atoms with Crippen molar-refractivity contribution in [3.05, 3.63) is 59.3 Å². The van der Waals surface area contributed by atoms with Crippen LogP contribution in [0.25, 0.3) is 0 Å². The van der Waals surface area contributed by atoms with E-state index in [-0.39, 0.29) is 26.0 Å². The Labute approximate surface area is 132 Å². The number of aliphatic imine (C=N–C) groups is 1. The summed E-state index contributed by atoms with van der Waals surface area (Å²) >= 11 is 0. The van der Waals surface area contributed by atoms with Gasteiger partial charge >= 0.3 is 0 Å². The second-order valence-corrected chi connectivity index (χ2v) is 4.80. The summed E-state index contributed by atoms with van der Waals surface area (Å²) in [5.41, 5.74) is 3.52. The summed E-state index contributed by atoms with van der Waals surface area (Å²) < 4.78 is 0. The van der Waals surface area contributed by atoms with E-state index in [1.165, 1.54) is 0 Å². The Morgan fingerprint density at radius 3 is 2.95 bits per heavy atom. The number of allylic oxidation sites excluding steroid dienone is 2. The first kappa shape index (κ1) is 14.9. The van der Waals surface area contributed by atoms with Gasteiger partial charge in [-0.25, -0.2) is 0 Å². The van der Waals surface area contributed by atoms with Gasteiger partial charge < -0.3 is 9.89 Å². The fraction of sp³-hybridized carbons (Fsp3) is 0.250. The minimum atomic E-state index is 0. The summed E-state index contributed by atoms with van der Waals surface area (Å²) in [6.07, 6.45) is 5.73. The Kier molecular flexibility index (Phi) is 4.68. The van der Waals surface area contributed by atoms with Gasteiger partial charge in [-0.3, -0.25) is 4.79 Å². The second kappa shape index (κ2) is 6.29. The normalized spacial score (nSPS) is 18.1. The molecule has 3 nitrogen and oxygen atoms in total. The standard InChI is InChI=1S/C16H15N2O.Ir/c1-18-11-15(12-7-3-2-4-8-12)17-14-10-6-5-9-13(14)16(18)19;/h2-5,7,9H,6,10-11H2,1H3;/q-1;. The molecule has 1 aromatic carbocycles. The number of hydrogen-bond donors (Lipinski definition) is 0. The maximum Gasteiger partial charge on any atom is 0.255 e. The van der Waals surface area contributed by atoms with E-state index >= 15 is 0 Å². The quantitative estimate of drug-likeness (QED) is 0.614. The molecule has 1 aliphatic heterocycles. The fourth-order valence-corrected chi connectivity index (χ4v) is 2.38. The van der Waals surface area contributed by atoms with Crippen LogP contribution >= 0.6 is 0 Å². The molecule has 0 aromatic heterocycles. The van der Waals surface area contributed by atoms with Crippen LogP contribution in [-0.2, 0) is 24.9 Å². The molecule has 0 bridgehead atoms. The average Bonchev–Trinajstić information content (AvgIpc) is 2.58. The molecule has 2 aliphatic rings. The molecular weight excluding hydrogens is 428 g/mol. The molecule has 1 radical (unpaired) electrons. The van der Waals surface area contributed by atoms with E-state index in [1.807, 2.05) is 43.5 Å². The number of hydrogen-bond acceptors (Lipinski definition) is 2. The van der Waals surface area contributed by atoms with E-state index in [4.69, 9.17) is 4.99 Å². The maximum atomic E-state index is 12.3. The molecule has 0 saturated carbocycles. The number of rotatable bonds is 1. The fourth-order valence-electron chi connectivity index (χ4n) is 2.38. The van der Waals surface area contributed by atoms with Gasteiger partial charge in [0.2, 0.25) is 0 Å². The van der Waals surface area contributed by atoms with Crippen LogP contribution in [0.2, 0.25) is 0 Å². The van der Waals surface area contributed by atoms with E-state index in [0.717, 1.165) is 35.4 Å². The number of amides is 1. The first-order chi connectivity index (χ1) is 9.25. The van der Waals surface area contributed by atoms with Crippen LogP contribution in [0.15, 0.2) is 52.7 Å². The van der Waals surface area contributed by atoms with Gasteiger partial charge in [0.25, 0.3) is 5.91 Å². The van der Waals surface area contributed by atoms with Gasteiger partial charge in [0.15, 0.2) is 0 Å². The zero-order chi connectivity index (χ0) is 13.2. The molecule has 0 unspecified atom stereocenters. The van der Waals surface area contributed by atoms with Gasteiger partial charge in [-0.15, -0.1) is 35.9 Å². The molecule has 3 rings (SSSR count). The van der Waals surface area contributed by atoms with E-state index in [9.17, 15) is 4.79 Å². The summed E-state index contributed by atoms with van der Waals surface area (Å²) in [5, 5.41) is 0. The molecule has 0 saturated heterocycles. The Bertz CT molecular complexity index is 602. The number of carbonyl (C=O) groups excluding carboxylic acids is 1. The Balaban J connectivity index is 0.00000147. The summed E-state index contributed by atoms with van der Waals surface area (Å²) in [6, 6.07) is 11.0. The third-order valence-electron chi connectivity index (χ3n) is 3.40. The van der Waals surface area contributed by atoms with Crippen molar-refractivity contribution in [2.24, 2.45) is 4.99 Å². The first-order valence-electron chi connectivity index (χ1n) is 6.45. The van der Waals surface area contributed by atoms with Gasteiger partial charge in [0.1, 0.15) is 0 Å². The molecule has 0 fully saturated rings. The summed E-state index contributed by atoms with van der Waals surface area (Å²) in [5.74, 6) is 0.0561. The first-order valence-corrected chi connectivity index (χ1v) is 6.45. The van der Waals surface area contributed by atoms with Crippen molar-refractivity contribution in [3.8, 4) is 0 Å². The van der Waals surface area contributed by atoms with Crippen molar-refractivity contribution in [3.63, 3.8) is 0 Å². The van der Waals surface area contributed by atoms with Crippen LogP contribution in [0.3, 0.4) is 0 Å². The molecule has 105 valence electrons. The minimum absolute atomic E-state index is 0. The monoisotopic (exact) mass is 444 g/mol. The van der Waals surface area contributed by atoms with E-state index < -0.39 is 0 Å². The average molecular weight is 444 g/mol. The van der Waals surface area contributed by atoms with E-state index in [0.29, 0.717) is 6.54 Å². The largest absolute Gasteiger partial charge is 0.344 e. The second-order valence-electron chi connectivity index (χ2n) is 4.80. The predicted molar refractivity (Wildman–Crippen MR) is 74.9 cm³/mol. The van der Waals surface area contributed by atoms with Crippen LogP contribution in [0.1, 0.15) is 18.4 Å². The summed E-state index contributed by atoms with van der Waals surface area (Å²) in [7, 11) is 1.82. The van der Waals surface area contributed by atoms with Crippen molar-refractivity contribution in [1.29, 1.82) is 0 Å². The smallest absolute Gasteiger partial charge is 0.255 e. The predicted octanol–water partition coefficient (Wildman–Crippen LogP) is 2.35. The topological polar surface area (TPSA) is 32.7 Å². The summed E-state index contributed by atoms with van der Waals surface area (Å²) in [4.78, 5) is 18.7. The minimum Gasteiger partial charge on any atom is -0.344 e. The molecule has 1 amide bonds. The Morgan fingerprint density at radius 2 is 2.20 bits per heavy atom. The molecule has 1 aromatic rings. The molecule has 0 spiro atoms. The third kappa shape index (κ3) is 2.81. The number of nitrogens with zero attached hydrogens (tertiary/aromatic N) is 2. The zero-order valence-electron chi connectivity index (χ0n) is 11.2. The molecule has 20 heavy (non-hydrogen) atoms. The van der Waals surface area contributed by atoms with Gasteiger partial charge in [-0.05, 0) is 18.6 Å². The van der Waals surface area contributed by atoms with Crippen molar-refractivity contribution < 1.29 is 24.9 Å². The molecular formula is C16H15IrN2O-. The van der Waals surface area contributed by atoms with Crippen LogP contribution < -0.4 is 0 Å². The van der Waals surface area contributed by atoms with Gasteiger partial charge in [0.05, 0.1) is 5.57 Å². The number of carbonyl (C=O) groups is 1. The van der Waals surface area contributed by atoms with Crippen molar-refractivity contribution in [2.75, 3.05) is 13.6 Å². The van der Waals surface area contributed by atoms with Crippen molar-refractivity contribution in [1.82, 2.24) is 4.90 Å². The molecule has 1 aliphatic carbocycles. The number of likely N-dealkylation sites (N-methyl/N-ethyl adjacent to an activating group) is 1. The van der Waals surface area contributed by atoms with Crippen LogP contribution in [0, 0.1) is 6.07 Å². The Morgan fingerprint density at radius 1 is 1.35 bits per heavy atom. The van der Waals surface area contributed by atoms with Crippen LogP contribution in [0.5, 0.6) is 0 Å². The SMILES string of the molecule is CN1CC(c2[c-]cccc2)=NC2=C(C=CCC2)C1=O.[Ir]. The number of benzene rings is 1. The molecule has 4 heteroatoms. The summed E-state index contributed by atoms with van der Waals surface area (Å²) in [6.45, 7) is 0.528. The van der Waals surface area contributed by atoms with Gasteiger partial charge in [-0.1, -0.05) is 12.2 Å². The maximum absolute atomic E-state index is 12.3. The molecule has 0 N–H and O–H groups in total. The van der Waals surface area contributed by atoms with Crippen LogP contribution in [0.4, 0.5) is 0 Å². The molecule has 0 atom stereocenters. The van der Waals surface area contributed by atoms with Crippen molar-refractivity contribution >= 4 is 11.6 Å². The van der Waals surface area contributed by atoms with E-state index in [1.54, 1.807) is 4.90 Å². The zero-order valence-corrected chi connectivity index (χ0v) is 13.6. The van der Waals surface area contributed by atoms with Crippen LogP contribution in [-0.4, -0.2) is 30.1 Å². The van der Waals surface area contributed by atoms with E-state index in [2.05, 4.69) is 6.07 Å². The van der Waals surface area contributed by atoms with Gasteiger partial charge in [-0.2, -0.15) is 0 Å².